The van der Waals surface area contributed by atoms with Gasteiger partial charge >= 0.3 is 6.36 Å². The third-order valence-corrected chi connectivity index (χ3v) is 3.40. The normalized spacial score (nSPS) is 11.4. The molecule has 3 aromatic rings. The van der Waals surface area contributed by atoms with Crippen LogP contribution in [0.15, 0.2) is 36.7 Å². The van der Waals surface area contributed by atoms with Gasteiger partial charge in [-0.25, -0.2) is 9.97 Å². The zero-order valence-corrected chi connectivity index (χ0v) is 14.1. The molecule has 0 aliphatic rings. The maximum absolute atomic E-state index is 12.3. The fraction of sp³-hybridized carbons (Fsp3) is 0.235. The molecule has 1 aromatic carbocycles. The summed E-state index contributed by atoms with van der Waals surface area (Å²) in [5, 5.41) is 2.73. The van der Waals surface area contributed by atoms with Crippen LogP contribution in [0.2, 0.25) is 0 Å². The minimum absolute atomic E-state index is 0.0239. The number of rotatable bonds is 6. The van der Waals surface area contributed by atoms with Crippen molar-refractivity contribution in [2.24, 2.45) is 0 Å². The Balaban J connectivity index is 1.83. The van der Waals surface area contributed by atoms with E-state index >= 15 is 0 Å². The smallest absolute Gasteiger partial charge is 0.437 e. The van der Waals surface area contributed by atoms with Gasteiger partial charge in [0, 0.05) is 18.8 Å². The predicted octanol–water partition coefficient (Wildman–Crippen LogP) is 3.79. The first kappa shape index (κ1) is 18.5. The molecule has 2 N–H and O–H groups in total. The minimum Gasteiger partial charge on any atom is -0.437 e. The summed E-state index contributed by atoms with van der Waals surface area (Å²) < 4.78 is 46.3. The van der Waals surface area contributed by atoms with Crippen LogP contribution in [0.3, 0.4) is 0 Å². The fourth-order valence-corrected chi connectivity index (χ4v) is 2.29. The molecule has 0 saturated carbocycles. The van der Waals surface area contributed by atoms with Crippen molar-refractivity contribution < 1.29 is 27.4 Å². The number of aromatic nitrogens is 3. The Kier molecular flexibility index (Phi) is 5.15. The van der Waals surface area contributed by atoms with Crippen molar-refractivity contribution in [1.29, 1.82) is 0 Å². The molecule has 0 spiro atoms. The summed E-state index contributed by atoms with van der Waals surface area (Å²) in [6.07, 6.45) is -1.24. The van der Waals surface area contributed by atoms with Crippen molar-refractivity contribution >= 4 is 17.1 Å². The average molecular weight is 380 g/mol. The van der Waals surface area contributed by atoms with Crippen LogP contribution in [0.5, 0.6) is 17.4 Å². The lowest BCUT2D eigenvalue weighted by atomic mass is 10.3. The molecule has 0 aliphatic heterocycles. The van der Waals surface area contributed by atoms with Gasteiger partial charge < -0.3 is 19.8 Å². The van der Waals surface area contributed by atoms with Crippen molar-refractivity contribution in [3.8, 4) is 17.4 Å². The molecule has 142 valence electrons. The van der Waals surface area contributed by atoms with Crippen molar-refractivity contribution in [1.82, 2.24) is 20.3 Å². The van der Waals surface area contributed by atoms with Gasteiger partial charge in [-0.2, -0.15) is 0 Å². The first-order chi connectivity index (χ1) is 12.9. The Bertz CT molecular complexity index is 956. The van der Waals surface area contributed by atoms with Gasteiger partial charge in [0.15, 0.2) is 5.65 Å². The summed E-state index contributed by atoms with van der Waals surface area (Å²) in [5.74, 6) is -0.626. The zero-order chi connectivity index (χ0) is 19.4. The van der Waals surface area contributed by atoms with Gasteiger partial charge in [-0.1, -0.05) is 13.0 Å². The third-order valence-electron chi connectivity index (χ3n) is 3.40. The number of amides is 1. The van der Waals surface area contributed by atoms with E-state index in [-0.39, 0.29) is 17.5 Å². The number of nitrogens with one attached hydrogen (secondary N) is 2. The van der Waals surface area contributed by atoms with Gasteiger partial charge in [0.05, 0.1) is 11.8 Å². The summed E-state index contributed by atoms with van der Waals surface area (Å²) in [6, 6.07) is 5.02. The van der Waals surface area contributed by atoms with Crippen LogP contribution in [-0.4, -0.2) is 33.8 Å². The molecule has 0 atom stereocenters. The second kappa shape index (κ2) is 7.52. The van der Waals surface area contributed by atoms with Crippen LogP contribution in [-0.2, 0) is 0 Å². The molecular weight excluding hydrogens is 365 g/mol. The predicted molar refractivity (Wildman–Crippen MR) is 89.7 cm³/mol. The van der Waals surface area contributed by atoms with E-state index in [2.05, 4.69) is 25.0 Å². The maximum Gasteiger partial charge on any atom is 0.573 e. The largest absolute Gasteiger partial charge is 0.573 e. The Morgan fingerprint density at radius 1 is 1.30 bits per heavy atom. The van der Waals surface area contributed by atoms with Crippen LogP contribution >= 0.6 is 0 Å². The third kappa shape index (κ3) is 4.66. The van der Waals surface area contributed by atoms with Gasteiger partial charge in [0.2, 0.25) is 5.88 Å². The number of ether oxygens (including phenoxy) is 2. The number of nitrogens with zero attached hydrogens (tertiary/aromatic N) is 2. The number of halogens is 3. The van der Waals surface area contributed by atoms with E-state index in [9.17, 15) is 18.0 Å². The number of H-pyrrole nitrogens is 1. The molecule has 10 heteroatoms. The van der Waals surface area contributed by atoms with Gasteiger partial charge in [-0.05, 0) is 18.6 Å². The summed E-state index contributed by atoms with van der Waals surface area (Å²) in [5.41, 5.74) is 0.979. The lowest BCUT2D eigenvalue weighted by Gasteiger charge is -2.10. The number of alkyl halides is 3. The SMILES string of the molecule is CCCNC(=O)c1c[nH]c2ncc(Oc3cccc(OC(F)(F)F)c3)nc12. The topological polar surface area (TPSA) is 89.1 Å². The molecule has 0 radical (unpaired) electrons. The van der Waals surface area contributed by atoms with Crippen LogP contribution in [0.4, 0.5) is 13.2 Å². The number of fused-ring (bicyclic) bond motifs is 1. The zero-order valence-electron chi connectivity index (χ0n) is 14.1. The minimum atomic E-state index is -4.80. The molecule has 0 aliphatic carbocycles. The highest BCUT2D eigenvalue weighted by molar-refractivity contribution is 6.04. The number of benzene rings is 1. The Labute approximate surface area is 151 Å². The molecule has 3 rings (SSSR count). The lowest BCUT2D eigenvalue weighted by molar-refractivity contribution is -0.274. The van der Waals surface area contributed by atoms with E-state index in [0.29, 0.717) is 23.3 Å². The van der Waals surface area contributed by atoms with E-state index in [1.54, 1.807) is 0 Å². The highest BCUT2D eigenvalue weighted by Gasteiger charge is 2.31. The number of hydrogen-bond donors (Lipinski definition) is 2. The van der Waals surface area contributed by atoms with E-state index in [1.165, 1.54) is 24.5 Å². The van der Waals surface area contributed by atoms with Crippen molar-refractivity contribution in [2.45, 2.75) is 19.7 Å². The number of hydrogen-bond acceptors (Lipinski definition) is 5. The molecule has 0 unspecified atom stereocenters. The molecule has 1 amide bonds. The van der Waals surface area contributed by atoms with Gasteiger partial charge in [0.1, 0.15) is 17.0 Å². The standard InChI is InChI=1S/C17H15F3N4O3/c1-2-6-21-16(25)12-8-22-15-14(12)24-13(9-23-15)26-10-4-3-5-11(7-10)27-17(18,19)20/h3-5,7-9H,2,6H2,1H3,(H,21,25)(H,22,23). The maximum atomic E-state index is 12.3. The Morgan fingerprint density at radius 3 is 2.81 bits per heavy atom. The van der Waals surface area contributed by atoms with E-state index in [1.807, 2.05) is 6.92 Å². The van der Waals surface area contributed by atoms with Gasteiger partial charge in [-0.15, -0.1) is 13.2 Å². The highest BCUT2D eigenvalue weighted by Crippen LogP contribution is 2.28. The van der Waals surface area contributed by atoms with E-state index in [4.69, 9.17) is 4.74 Å². The molecular formula is C17H15F3N4O3. The monoisotopic (exact) mass is 380 g/mol. The number of aromatic amines is 1. The molecule has 0 bridgehead atoms. The molecule has 2 heterocycles. The van der Waals surface area contributed by atoms with E-state index < -0.39 is 12.1 Å². The van der Waals surface area contributed by atoms with Crippen LogP contribution in [0, 0.1) is 0 Å². The molecule has 0 saturated heterocycles. The molecule has 27 heavy (non-hydrogen) atoms. The Morgan fingerprint density at radius 2 is 2.07 bits per heavy atom. The summed E-state index contributed by atoms with van der Waals surface area (Å²) in [4.78, 5) is 23.3. The molecule has 7 nitrogen and oxygen atoms in total. The van der Waals surface area contributed by atoms with E-state index in [0.717, 1.165) is 18.6 Å². The summed E-state index contributed by atoms with van der Waals surface area (Å²) in [7, 11) is 0. The lowest BCUT2D eigenvalue weighted by Crippen LogP contribution is -2.23. The molecule has 0 fully saturated rings. The van der Waals surface area contributed by atoms with Crippen molar-refractivity contribution in [3.05, 3.63) is 42.2 Å². The fourth-order valence-electron chi connectivity index (χ4n) is 2.29. The van der Waals surface area contributed by atoms with Crippen LogP contribution in [0.25, 0.3) is 11.2 Å². The second-order valence-corrected chi connectivity index (χ2v) is 5.49. The molecule has 2 aromatic heterocycles. The van der Waals surface area contributed by atoms with Crippen molar-refractivity contribution in [3.63, 3.8) is 0 Å². The number of carbonyl (C=O) groups is 1. The average Bonchev–Trinajstić information content (AvgIpc) is 3.02. The first-order valence-corrected chi connectivity index (χ1v) is 8.01. The first-order valence-electron chi connectivity index (χ1n) is 8.01. The number of carbonyl (C=O) groups excluding carboxylic acids is 1. The van der Waals surface area contributed by atoms with Gasteiger partial charge in [0.25, 0.3) is 5.91 Å². The quantitative estimate of drug-likeness (QED) is 0.679. The highest BCUT2D eigenvalue weighted by atomic mass is 19.4. The van der Waals surface area contributed by atoms with Crippen molar-refractivity contribution in [2.75, 3.05) is 6.54 Å². The summed E-state index contributed by atoms with van der Waals surface area (Å²) in [6.45, 7) is 2.44. The second-order valence-electron chi connectivity index (χ2n) is 5.49. The summed E-state index contributed by atoms with van der Waals surface area (Å²) >= 11 is 0. The van der Waals surface area contributed by atoms with Crippen LogP contribution in [0.1, 0.15) is 23.7 Å². The van der Waals surface area contributed by atoms with Gasteiger partial charge in [-0.3, -0.25) is 4.79 Å². The van der Waals surface area contributed by atoms with Crippen LogP contribution < -0.4 is 14.8 Å². The Hall–Kier alpha value is -3.30.